The second-order valence-corrected chi connectivity index (χ2v) is 11.5. The van der Waals surface area contributed by atoms with E-state index < -0.39 is 5.91 Å². The molecule has 0 radical (unpaired) electrons. The van der Waals surface area contributed by atoms with Gasteiger partial charge >= 0.3 is 12.0 Å². The SMILES string of the molecule is COC(=O)[C@H]1CC[C@H](OC[C@@H]2CCCN2C(=O)Cc2ccc3nc(NC(=O)c4cn(C)c5cc(F)ccc45)oc3c2)CC1. The summed E-state index contributed by atoms with van der Waals surface area (Å²) in [5.74, 6) is -0.952. The van der Waals surface area contributed by atoms with E-state index in [2.05, 4.69) is 10.3 Å². The molecule has 4 aromatic rings. The average Bonchev–Trinajstić information content (AvgIpc) is 3.72. The van der Waals surface area contributed by atoms with E-state index in [1.165, 1.54) is 19.2 Å². The summed E-state index contributed by atoms with van der Waals surface area (Å²) in [6.45, 7) is 1.19. The van der Waals surface area contributed by atoms with E-state index in [0.29, 0.717) is 40.7 Å². The number of nitrogens with zero attached hydrogens (tertiary/aromatic N) is 3. The Hall–Kier alpha value is -4.25. The van der Waals surface area contributed by atoms with Crippen LogP contribution in [0, 0.1) is 11.7 Å². The summed E-state index contributed by atoms with van der Waals surface area (Å²) < 4.78 is 32.2. The fourth-order valence-corrected chi connectivity index (χ4v) is 6.33. The number of oxazole rings is 1. The minimum Gasteiger partial charge on any atom is -0.469 e. The van der Waals surface area contributed by atoms with Gasteiger partial charge in [-0.05, 0) is 74.4 Å². The number of methoxy groups -OCH3 is 1. The van der Waals surface area contributed by atoms with Crippen LogP contribution in [-0.2, 0) is 32.5 Å². The first-order chi connectivity index (χ1) is 20.8. The fraction of sp³-hybridized carbons (Fsp3) is 0.438. The molecule has 0 unspecified atom stereocenters. The molecule has 11 heteroatoms. The minimum absolute atomic E-state index is 0.0280. The largest absolute Gasteiger partial charge is 0.469 e. The number of rotatable bonds is 8. The van der Waals surface area contributed by atoms with Crippen molar-refractivity contribution in [2.75, 3.05) is 25.6 Å². The number of carbonyl (C=O) groups excluding carboxylic acids is 3. The molecule has 1 atom stereocenters. The predicted molar refractivity (Wildman–Crippen MR) is 157 cm³/mol. The Morgan fingerprint density at radius 1 is 1.09 bits per heavy atom. The molecule has 10 nitrogen and oxygen atoms in total. The molecule has 3 heterocycles. The molecule has 2 amide bonds. The number of halogens is 1. The lowest BCUT2D eigenvalue weighted by Crippen LogP contribution is -2.40. The van der Waals surface area contributed by atoms with Crippen molar-refractivity contribution in [2.24, 2.45) is 13.0 Å². The molecule has 6 rings (SSSR count). The van der Waals surface area contributed by atoms with Crippen LogP contribution in [0.1, 0.15) is 54.4 Å². The van der Waals surface area contributed by atoms with E-state index >= 15 is 0 Å². The highest BCUT2D eigenvalue weighted by atomic mass is 19.1. The van der Waals surface area contributed by atoms with Crippen molar-refractivity contribution in [3.63, 3.8) is 0 Å². The zero-order valence-corrected chi connectivity index (χ0v) is 24.3. The minimum atomic E-state index is -0.419. The smallest absolute Gasteiger partial charge is 0.308 e. The van der Waals surface area contributed by atoms with Gasteiger partial charge in [0.2, 0.25) is 5.91 Å². The van der Waals surface area contributed by atoms with Gasteiger partial charge in [0.05, 0.1) is 49.3 Å². The molecule has 226 valence electrons. The maximum absolute atomic E-state index is 13.7. The first-order valence-corrected chi connectivity index (χ1v) is 14.7. The summed E-state index contributed by atoms with van der Waals surface area (Å²) in [5, 5.41) is 3.31. The Morgan fingerprint density at radius 3 is 2.70 bits per heavy atom. The maximum atomic E-state index is 13.7. The Labute approximate surface area is 248 Å². The summed E-state index contributed by atoms with van der Waals surface area (Å²) in [4.78, 5) is 44.4. The van der Waals surface area contributed by atoms with Crippen molar-refractivity contribution in [3.05, 3.63) is 59.5 Å². The number of hydrogen-bond acceptors (Lipinski definition) is 7. The molecule has 0 bridgehead atoms. The topological polar surface area (TPSA) is 116 Å². The number of esters is 1. The highest BCUT2D eigenvalue weighted by Gasteiger charge is 2.32. The lowest BCUT2D eigenvalue weighted by atomic mass is 9.87. The zero-order valence-electron chi connectivity index (χ0n) is 24.3. The number of fused-ring (bicyclic) bond motifs is 2. The third-order valence-corrected chi connectivity index (χ3v) is 8.66. The van der Waals surface area contributed by atoms with Crippen molar-refractivity contribution in [2.45, 2.75) is 57.1 Å². The summed E-state index contributed by atoms with van der Waals surface area (Å²) >= 11 is 0. The molecule has 2 fully saturated rings. The molecule has 1 saturated carbocycles. The van der Waals surface area contributed by atoms with Crippen LogP contribution in [0.15, 0.2) is 47.0 Å². The number of hydrogen-bond donors (Lipinski definition) is 1. The summed E-state index contributed by atoms with van der Waals surface area (Å²) in [6.07, 6.45) is 6.97. The molecule has 2 aromatic carbocycles. The Morgan fingerprint density at radius 2 is 1.91 bits per heavy atom. The molecule has 1 aliphatic carbocycles. The van der Waals surface area contributed by atoms with Gasteiger partial charge in [0, 0.05) is 25.2 Å². The summed E-state index contributed by atoms with van der Waals surface area (Å²) in [7, 11) is 3.18. The summed E-state index contributed by atoms with van der Waals surface area (Å²) in [5.41, 5.74) is 2.79. The second kappa shape index (κ2) is 12.2. The number of carbonyl (C=O) groups is 3. The molecular weight excluding hydrogens is 555 g/mol. The van der Waals surface area contributed by atoms with E-state index in [1.807, 2.05) is 11.0 Å². The van der Waals surface area contributed by atoms with Gasteiger partial charge in [-0.2, -0.15) is 4.98 Å². The van der Waals surface area contributed by atoms with Crippen LogP contribution in [0.2, 0.25) is 0 Å². The van der Waals surface area contributed by atoms with Crippen LogP contribution in [0.4, 0.5) is 10.4 Å². The second-order valence-electron chi connectivity index (χ2n) is 11.5. The Kier molecular flexibility index (Phi) is 8.16. The van der Waals surface area contributed by atoms with Gasteiger partial charge in [-0.1, -0.05) is 6.07 Å². The van der Waals surface area contributed by atoms with Gasteiger partial charge in [0.15, 0.2) is 5.58 Å². The van der Waals surface area contributed by atoms with E-state index in [0.717, 1.165) is 44.1 Å². The van der Waals surface area contributed by atoms with E-state index in [9.17, 15) is 18.8 Å². The average molecular weight is 591 g/mol. The van der Waals surface area contributed by atoms with Crippen LogP contribution < -0.4 is 5.32 Å². The van der Waals surface area contributed by atoms with Gasteiger partial charge in [0.25, 0.3) is 5.91 Å². The van der Waals surface area contributed by atoms with E-state index in [4.69, 9.17) is 13.9 Å². The third kappa shape index (κ3) is 6.13. The number of ether oxygens (including phenoxy) is 2. The highest BCUT2D eigenvalue weighted by Crippen LogP contribution is 2.29. The lowest BCUT2D eigenvalue weighted by Gasteiger charge is -2.30. The number of aryl methyl sites for hydroxylation is 1. The van der Waals surface area contributed by atoms with Gasteiger partial charge in [-0.25, -0.2) is 4.39 Å². The molecule has 1 N–H and O–H groups in total. The predicted octanol–water partition coefficient (Wildman–Crippen LogP) is 4.99. The number of likely N-dealkylation sites (tertiary alicyclic amines) is 1. The van der Waals surface area contributed by atoms with Crippen LogP contribution >= 0.6 is 0 Å². The Balaban J connectivity index is 1.06. The van der Waals surface area contributed by atoms with Crippen molar-refractivity contribution < 1.29 is 32.7 Å². The number of aromatic nitrogens is 2. The monoisotopic (exact) mass is 590 g/mol. The zero-order chi connectivity index (χ0) is 30.1. The van der Waals surface area contributed by atoms with Crippen molar-refractivity contribution in [1.29, 1.82) is 0 Å². The van der Waals surface area contributed by atoms with Crippen molar-refractivity contribution >= 4 is 45.8 Å². The molecule has 43 heavy (non-hydrogen) atoms. The molecule has 2 aromatic heterocycles. The number of benzene rings is 2. The Bertz CT molecular complexity index is 1670. The molecule has 1 saturated heterocycles. The normalized spacial score (nSPS) is 20.5. The third-order valence-electron chi connectivity index (χ3n) is 8.66. The maximum Gasteiger partial charge on any atom is 0.308 e. The van der Waals surface area contributed by atoms with E-state index in [1.54, 1.807) is 36.0 Å². The quantitative estimate of drug-likeness (QED) is 0.288. The standard InChI is InChI=1S/C32H35FN4O6/c1-36-17-25(24-11-8-21(33)16-27(24)36)30(39)35-32-34-26-12-5-19(14-28(26)43-32)15-29(38)37-13-3-4-22(37)18-42-23-9-6-20(7-10-23)31(40)41-2/h5,8,11-12,14,16-17,20,22-23H,3-4,6-7,9-10,13,15,18H2,1-2H3,(H,34,35,39)/t20-,22-,23-/m0/s1. The molecule has 1 aliphatic heterocycles. The van der Waals surface area contributed by atoms with Gasteiger partial charge in [-0.3, -0.25) is 19.7 Å². The number of anilines is 1. The van der Waals surface area contributed by atoms with Crippen molar-refractivity contribution in [3.8, 4) is 0 Å². The van der Waals surface area contributed by atoms with Crippen LogP contribution in [0.25, 0.3) is 22.0 Å². The molecular formula is C32H35FN4O6. The van der Waals surface area contributed by atoms with Crippen LogP contribution in [-0.4, -0.2) is 64.6 Å². The number of nitrogens with one attached hydrogen (secondary N) is 1. The molecule has 0 spiro atoms. The van der Waals surface area contributed by atoms with Gasteiger partial charge < -0.3 is 23.4 Å². The first kappa shape index (κ1) is 28.9. The van der Waals surface area contributed by atoms with Gasteiger partial charge in [0.1, 0.15) is 11.3 Å². The first-order valence-electron chi connectivity index (χ1n) is 14.7. The summed E-state index contributed by atoms with van der Waals surface area (Å²) in [6, 6.07) is 9.74. The van der Waals surface area contributed by atoms with Crippen LogP contribution in [0.5, 0.6) is 0 Å². The van der Waals surface area contributed by atoms with Crippen LogP contribution in [0.3, 0.4) is 0 Å². The van der Waals surface area contributed by atoms with Gasteiger partial charge in [-0.15, -0.1) is 0 Å². The fourth-order valence-electron chi connectivity index (χ4n) is 6.33. The van der Waals surface area contributed by atoms with E-state index in [-0.39, 0.29) is 48.2 Å². The molecule has 2 aliphatic rings. The van der Waals surface area contributed by atoms with Crippen molar-refractivity contribution in [1.82, 2.24) is 14.5 Å². The number of amides is 2. The lowest BCUT2D eigenvalue weighted by molar-refractivity contribution is -0.148. The highest BCUT2D eigenvalue weighted by molar-refractivity contribution is 6.12.